The van der Waals surface area contributed by atoms with E-state index in [1.165, 1.54) is 0 Å². The first-order valence-corrected chi connectivity index (χ1v) is 15.1. The van der Waals surface area contributed by atoms with E-state index in [0.717, 1.165) is 60.8 Å². The van der Waals surface area contributed by atoms with Gasteiger partial charge in [0.25, 0.3) is 0 Å². The van der Waals surface area contributed by atoms with Gasteiger partial charge in [0.05, 0.1) is 5.56 Å². The van der Waals surface area contributed by atoms with Crippen LogP contribution in [0.4, 0.5) is 0 Å². The maximum absolute atomic E-state index is 6.51. The van der Waals surface area contributed by atoms with Crippen molar-refractivity contribution < 1.29 is 8.83 Å². The van der Waals surface area contributed by atoms with Gasteiger partial charge in [-0.3, -0.25) is 0 Å². The Morgan fingerprint density at radius 1 is 0.370 bits per heavy atom. The molecule has 46 heavy (non-hydrogen) atoms. The molecule has 0 aliphatic carbocycles. The molecule has 0 radical (unpaired) electrons. The third kappa shape index (κ3) is 4.43. The predicted molar refractivity (Wildman–Crippen MR) is 182 cm³/mol. The first kappa shape index (κ1) is 26.0. The van der Waals surface area contributed by atoms with Gasteiger partial charge in [-0.2, -0.15) is 0 Å². The highest BCUT2D eigenvalue weighted by Gasteiger charge is 2.21. The van der Waals surface area contributed by atoms with Gasteiger partial charge in [0.2, 0.25) is 5.89 Å². The van der Waals surface area contributed by atoms with Gasteiger partial charge in [-0.15, -0.1) is 0 Å². The van der Waals surface area contributed by atoms with Crippen LogP contribution < -0.4 is 0 Å². The van der Waals surface area contributed by atoms with Gasteiger partial charge in [-0.1, -0.05) is 121 Å². The Labute approximate surface area is 263 Å². The summed E-state index contributed by atoms with van der Waals surface area (Å²) >= 11 is 0. The van der Waals surface area contributed by atoms with Crippen LogP contribution in [0.25, 0.3) is 89.8 Å². The molecule has 0 aliphatic heterocycles. The number of nitrogens with zero attached hydrogens (tertiary/aromatic N) is 4. The molecule has 0 fully saturated rings. The molecule has 0 aliphatic rings. The predicted octanol–water partition coefficient (Wildman–Crippen LogP) is 10.2. The number of oxazole rings is 1. The van der Waals surface area contributed by atoms with Crippen molar-refractivity contribution in [2.75, 3.05) is 0 Å². The zero-order chi connectivity index (χ0) is 30.5. The van der Waals surface area contributed by atoms with E-state index in [9.17, 15) is 0 Å². The van der Waals surface area contributed by atoms with Crippen LogP contribution in [0.3, 0.4) is 0 Å². The summed E-state index contributed by atoms with van der Waals surface area (Å²) in [6.45, 7) is 0. The maximum Gasteiger partial charge on any atom is 0.231 e. The Bertz CT molecular complexity index is 2490. The van der Waals surface area contributed by atoms with Gasteiger partial charge in [-0.25, -0.2) is 19.9 Å². The molecule has 0 amide bonds. The SMILES string of the molecule is c1ccc(-c2ccc(-c3nc(-c4ccccc4)nc(-c4cccc5oc6c(-c7nc8ccccc8o7)cccc6c45)n3)cc2)cc1. The Morgan fingerprint density at radius 3 is 1.70 bits per heavy atom. The van der Waals surface area contributed by atoms with Crippen molar-refractivity contribution in [3.63, 3.8) is 0 Å². The van der Waals surface area contributed by atoms with Crippen LogP contribution in [-0.2, 0) is 0 Å². The normalized spacial score (nSPS) is 11.5. The topological polar surface area (TPSA) is 77.8 Å². The number of hydrogen-bond acceptors (Lipinski definition) is 6. The van der Waals surface area contributed by atoms with Crippen LogP contribution in [0.5, 0.6) is 0 Å². The van der Waals surface area contributed by atoms with E-state index < -0.39 is 0 Å². The fraction of sp³-hybridized carbons (Fsp3) is 0. The molecule has 0 bridgehead atoms. The van der Waals surface area contributed by atoms with Gasteiger partial charge < -0.3 is 8.83 Å². The number of benzene rings is 6. The second-order valence-corrected chi connectivity index (χ2v) is 11.1. The minimum atomic E-state index is 0.514. The average Bonchev–Trinajstić information content (AvgIpc) is 3.74. The summed E-state index contributed by atoms with van der Waals surface area (Å²) in [6, 6.07) is 48.4. The van der Waals surface area contributed by atoms with Gasteiger partial charge in [0, 0.05) is 27.5 Å². The van der Waals surface area contributed by atoms with Crippen LogP contribution >= 0.6 is 0 Å². The van der Waals surface area contributed by atoms with E-state index in [2.05, 4.69) is 42.5 Å². The maximum atomic E-state index is 6.51. The molecule has 3 aromatic heterocycles. The third-order valence-corrected chi connectivity index (χ3v) is 8.21. The molecule has 0 saturated heterocycles. The molecule has 0 unspecified atom stereocenters. The molecule has 6 nitrogen and oxygen atoms in total. The van der Waals surface area contributed by atoms with Gasteiger partial charge in [-0.05, 0) is 35.4 Å². The van der Waals surface area contributed by atoms with Crippen molar-refractivity contribution in [3.8, 4) is 56.7 Å². The number of rotatable bonds is 5. The molecular formula is C40H24N4O2. The van der Waals surface area contributed by atoms with Gasteiger partial charge in [0.1, 0.15) is 16.7 Å². The first-order valence-electron chi connectivity index (χ1n) is 15.1. The molecule has 3 heterocycles. The van der Waals surface area contributed by atoms with Crippen LogP contribution in [0.2, 0.25) is 0 Å². The fourth-order valence-corrected chi connectivity index (χ4v) is 5.97. The summed E-state index contributed by atoms with van der Waals surface area (Å²) in [5, 5.41) is 1.85. The van der Waals surface area contributed by atoms with Crippen LogP contribution in [0.15, 0.2) is 154 Å². The molecule has 0 spiro atoms. The highest BCUT2D eigenvalue weighted by molar-refractivity contribution is 6.14. The summed E-state index contributed by atoms with van der Waals surface area (Å²) in [5.74, 6) is 2.28. The molecule has 9 rings (SSSR count). The third-order valence-electron chi connectivity index (χ3n) is 8.21. The quantitative estimate of drug-likeness (QED) is 0.198. The first-order chi connectivity index (χ1) is 22.8. The highest BCUT2D eigenvalue weighted by Crippen LogP contribution is 2.40. The minimum Gasteiger partial charge on any atom is -0.455 e. The molecular weight excluding hydrogens is 568 g/mol. The van der Waals surface area contributed by atoms with E-state index in [-0.39, 0.29) is 0 Å². The lowest BCUT2D eigenvalue weighted by Crippen LogP contribution is -2.00. The van der Waals surface area contributed by atoms with E-state index in [4.69, 9.17) is 28.8 Å². The second kappa shape index (κ2) is 10.6. The molecule has 6 heteroatoms. The van der Waals surface area contributed by atoms with Crippen molar-refractivity contribution in [2.24, 2.45) is 0 Å². The largest absolute Gasteiger partial charge is 0.455 e. The van der Waals surface area contributed by atoms with Crippen molar-refractivity contribution in [2.45, 2.75) is 0 Å². The lowest BCUT2D eigenvalue weighted by Gasteiger charge is -2.10. The van der Waals surface area contributed by atoms with E-state index in [0.29, 0.717) is 28.9 Å². The van der Waals surface area contributed by atoms with Crippen LogP contribution in [0.1, 0.15) is 0 Å². The van der Waals surface area contributed by atoms with E-state index >= 15 is 0 Å². The standard InChI is InChI=1S/C40H24N4O2/c1-3-11-25(12-4-1)26-21-23-28(24-22-26)38-42-37(27-13-5-2-6-14-27)43-39(44-38)30-16-10-20-34-35(30)29-15-9-17-31(36(29)45-34)40-41-32-18-7-8-19-33(32)46-40/h1-24H. The molecule has 0 saturated carbocycles. The Hall–Kier alpha value is -6.40. The lowest BCUT2D eigenvalue weighted by atomic mass is 10.0. The smallest absolute Gasteiger partial charge is 0.231 e. The van der Waals surface area contributed by atoms with E-state index in [1.54, 1.807) is 0 Å². The molecule has 0 N–H and O–H groups in total. The number of furan rings is 1. The van der Waals surface area contributed by atoms with Crippen molar-refractivity contribution in [1.29, 1.82) is 0 Å². The minimum absolute atomic E-state index is 0.514. The fourth-order valence-electron chi connectivity index (χ4n) is 5.97. The summed E-state index contributed by atoms with van der Waals surface area (Å²) < 4.78 is 12.6. The molecule has 9 aromatic rings. The van der Waals surface area contributed by atoms with Crippen molar-refractivity contribution in [1.82, 2.24) is 19.9 Å². The van der Waals surface area contributed by atoms with E-state index in [1.807, 2.05) is 103 Å². The number of aromatic nitrogens is 4. The Balaban J connectivity index is 1.23. The Morgan fingerprint density at radius 2 is 0.935 bits per heavy atom. The lowest BCUT2D eigenvalue weighted by molar-refractivity contribution is 0.615. The summed E-state index contributed by atoms with van der Waals surface area (Å²) in [6.07, 6.45) is 0. The van der Waals surface area contributed by atoms with Crippen molar-refractivity contribution >= 4 is 33.0 Å². The monoisotopic (exact) mass is 592 g/mol. The number of para-hydroxylation sites is 3. The zero-order valence-electron chi connectivity index (χ0n) is 24.5. The van der Waals surface area contributed by atoms with Crippen LogP contribution in [0, 0.1) is 0 Å². The second-order valence-electron chi connectivity index (χ2n) is 11.1. The highest BCUT2D eigenvalue weighted by atomic mass is 16.4. The van der Waals surface area contributed by atoms with Gasteiger partial charge in [0.15, 0.2) is 23.1 Å². The number of fused-ring (bicyclic) bond motifs is 4. The average molecular weight is 593 g/mol. The summed E-state index contributed by atoms with van der Waals surface area (Å²) in [4.78, 5) is 19.7. The molecule has 216 valence electrons. The van der Waals surface area contributed by atoms with Crippen LogP contribution in [-0.4, -0.2) is 19.9 Å². The van der Waals surface area contributed by atoms with Gasteiger partial charge >= 0.3 is 0 Å². The summed E-state index contributed by atoms with van der Waals surface area (Å²) in [7, 11) is 0. The van der Waals surface area contributed by atoms with Crippen molar-refractivity contribution in [3.05, 3.63) is 146 Å². The molecule has 6 aromatic carbocycles. The zero-order valence-corrected chi connectivity index (χ0v) is 24.5. The number of hydrogen-bond donors (Lipinski definition) is 0. The molecule has 0 atom stereocenters. The summed E-state index contributed by atoms with van der Waals surface area (Å²) in [5.41, 5.74) is 8.71. The Kier molecular flexibility index (Phi) is 6.03.